The summed E-state index contributed by atoms with van der Waals surface area (Å²) in [5, 5.41) is 9.45. The minimum absolute atomic E-state index is 0.220. The monoisotopic (exact) mass is 262 g/mol. The number of aliphatic hydroxyl groups excluding tert-OH is 1. The summed E-state index contributed by atoms with van der Waals surface area (Å²) in [6.45, 7) is 9.25. The largest absolute Gasteiger partial charge is 0.392 e. The molecule has 0 aliphatic carbocycles. The Kier molecular flexibility index (Phi) is 5.37. The van der Waals surface area contributed by atoms with Crippen LogP contribution in [0, 0.1) is 0 Å². The second kappa shape index (κ2) is 7.04. The minimum Gasteiger partial charge on any atom is -0.392 e. The molecule has 2 atom stereocenters. The number of aliphatic hydroxyl groups is 1. The van der Waals surface area contributed by atoms with Crippen LogP contribution in [0.25, 0.3) is 0 Å². The second-order valence-electron chi connectivity index (χ2n) is 5.52. The highest BCUT2D eigenvalue weighted by molar-refractivity contribution is 5.19. The van der Waals surface area contributed by atoms with Gasteiger partial charge in [-0.3, -0.25) is 9.80 Å². The van der Waals surface area contributed by atoms with Gasteiger partial charge in [-0.15, -0.1) is 0 Å². The Morgan fingerprint density at radius 3 is 2.26 bits per heavy atom. The van der Waals surface area contributed by atoms with Gasteiger partial charge in [0.2, 0.25) is 0 Å². The van der Waals surface area contributed by atoms with Crippen LogP contribution >= 0.6 is 0 Å². The predicted molar refractivity (Wildman–Crippen MR) is 79.2 cm³/mol. The fourth-order valence-corrected chi connectivity index (χ4v) is 3.01. The van der Waals surface area contributed by atoms with Crippen LogP contribution in [-0.2, 0) is 0 Å². The highest BCUT2D eigenvalue weighted by atomic mass is 16.3. The summed E-state index contributed by atoms with van der Waals surface area (Å²) in [5.74, 6) is 0. The van der Waals surface area contributed by atoms with Crippen LogP contribution in [-0.4, -0.2) is 53.7 Å². The number of hydrogen-bond acceptors (Lipinski definition) is 3. The van der Waals surface area contributed by atoms with E-state index < -0.39 is 0 Å². The summed E-state index contributed by atoms with van der Waals surface area (Å²) in [4.78, 5) is 4.94. The van der Waals surface area contributed by atoms with Crippen molar-refractivity contribution in [1.29, 1.82) is 0 Å². The first-order valence-electron chi connectivity index (χ1n) is 7.40. The molecule has 0 unspecified atom stereocenters. The van der Waals surface area contributed by atoms with Crippen molar-refractivity contribution >= 4 is 0 Å². The standard InChI is InChI=1S/C16H26N2O/c1-3-16(15-7-5-4-6-8-15)18-11-9-17(10-12-18)13-14(2)19/h4-8,14,16,19H,3,9-13H2,1-2H3/t14-,16-/m0/s1. The number of nitrogens with zero attached hydrogens (tertiary/aromatic N) is 2. The molecular weight excluding hydrogens is 236 g/mol. The van der Waals surface area contributed by atoms with Gasteiger partial charge in [0.05, 0.1) is 6.10 Å². The highest BCUT2D eigenvalue weighted by Gasteiger charge is 2.23. The van der Waals surface area contributed by atoms with Gasteiger partial charge in [-0.2, -0.15) is 0 Å². The molecule has 1 aliphatic rings. The number of hydrogen-bond donors (Lipinski definition) is 1. The summed E-state index contributed by atoms with van der Waals surface area (Å²) in [5.41, 5.74) is 1.42. The zero-order valence-corrected chi connectivity index (χ0v) is 12.1. The molecule has 0 radical (unpaired) electrons. The quantitative estimate of drug-likeness (QED) is 0.880. The van der Waals surface area contributed by atoms with Gasteiger partial charge in [0.25, 0.3) is 0 Å². The van der Waals surface area contributed by atoms with Gasteiger partial charge in [0.15, 0.2) is 0 Å². The summed E-state index contributed by atoms with van der Waals surface area (Å²) in [6, 6.07) is 11.3. The maximum Gasteiger partial charge on any atom is 0.0639 e. The molecule has 1 N–H and O–H groups in total. The lowest BCUT2D eigenvalue weighted by Gasteiger charge is -2.39. The maximum atomic E-state index is 9.45. The third kappa shape index (κ3) is 4.03. The zero-order valence-electron chi connectivity index (χ0n) is 12.1. The van der Waals surface area contributed by atoms with E-state index in [1.54, 1.807) is 0 Å². The Morgan fingerprint density at radius 1 is 1.11 bits per heavy atom. The first-order chi connectivity index (χ1) is 9.20. The Hall–Kier alpha value is -0.900. The van der Waals surface area contributed by atoms with E-state index in [-0.39, 0.29) is 6.10 Å². The first-order valence-corrected chi connectivity index (χ1v) is 7.40. The lowest BCUT2D eigenvalue weighted by molar-refractivity contribution is 0.0608. The predicted octanol–water partition coefficient (Wildman–Crippen LogP) is 2.14. The fourth-order valence-electron chi connectivity index (χ4n) is 3.01. The van der Waals surface area contributed by atoms with Gasteiger partial charge in [-0.1, -0.05) is 37.3 Å². The van der Waals surface area contributed by atoms with Crippen molar-refractivity contribution < 1.29 is 5.11 Å². The zero-order chi connectivity index (χ0) is 13.7. The highest BCUT2D eigenvalue weighted by Crippen LogP contribution is 2.25. The minimum atomic E-state index is -0.220. The Balaban J connectivity index is 1.92. The molecule has 1 aromatic carbocycles. The first kappa shape index (κ1) is 14.5. The molecule has 0 aromatic heterocycles. The van der Waals surface area contributed by atoms with E-state index in [4.69, 9.17) is 0 Å². The van der Waals surface area contributed by atoms with Crippen molar-refractivity contribution in [2.24, 2.45) is 0 Å². The smallest absolute Gasteiger partial charge is 0.0639 e. The lowest BCUT2D eigenvalue weighted by Crippen LogP contribution is -2.49. The average molecular weight is 262 g/mol. The van der Waals surface area contributed by atoms with Crippen LogP contribution < -0.4 is 0 Å². The Morgan fingerprint density at radius 2 is 1.74 bits per heavy atom. The number of benzene rings is 1. The fraction of sp³-hybridized carbons (Fsp3) is 0.625. The molecule has 0 spiro atoms. The van der Waals surface area contributed by atoms with Gasteiger partial charge in [-0.05, 0) is 18.9 Å². The van der Waals surface area contributed by atoms with Crippen LogP contribution in [0.2, 0.25) is 0 Å². The van der Waals surface area contributed by atoms with Crippen LogP contribution in [0.3, 0.4) is 0 Å². The van der Waals surface area contributed by atoms with Crippen molar-refractivity contribution in [3.63, 3.8) is 0 Å². The molecule has 19 heavy (non-hydrogen) atoms. The molecule has 1 heterocycles. The summed E-state index contributed by atoms with van der Waals surface area (Å²) in [7, 11) is 0. The molecule has 1 aromatic rings. The SMILES string of the molecule is CC[C@@H](c1ccccc1)N1CCN(C[C@H](C)O)CC1. The summed E-state index contributed by atoms with van der Waals surface area (Å²) in [6.07, 6.45) is 0.933. The molecule has 0 amide bonds. The molecule has 2 rings (SSSR count). The lowest BCUT2D eigenvalue weighted by atomic mass is 10.0. The molecule has 1 fully saturated rings. The van der Waals surface area contributed by atoms with Crippen molar-refractivity contribution in [2.45, 2.75) is 32.4 Å². The molecular formula is C16H26N2O. The van der Waals surface area contributed by atoms with Gasteiger partial charge in [0, 0.05) is 38.8 Å². The average Bonchev–Trinajstić information content (AvgIpc) is 2.42. The van der Waals surface area contributed by atoms with Crippen molar-refractivity contribution in [3.8, 4) is 0 Å². The number of piperazine rings is 1. The Labute approximate surface area is 116 Å². The van der Waals surface area contributed by atoms with Crippen molar-refractivity contribution in [1.82, 2.24) is 9.80 Å². The van der Waals surface area contributed by atoms with Crippen LogP contribution in [0.1, 0.15) is 31.9 Å². The normalized spacial score (nSPS) is 21.2. The molecule has 3 heteroatoms. The van der Waals surface area contributed by atoms with Gasteiger partial charge >= 0.3 is 0 Å². The molecule has 106 valence electrons. The van der Waals surface area contributed by atoms with E-state index in [2.05, 4.69) is 47.1 Å². The molecule has 3 nitrogen and oxygen atoms in total. The van der Waals surface area contributed by atoms with E-state index in [0.717, 1.165) is 39.1 Å². The van der Waals surface area contributed by atoms with Crippen molar-refractivity contribution in [3.05, 3.63) is 35.9 Å². The van der Waals surface area contributed by atoms with E-state index in [1.165, 1.54) is 5.56 Å². The van der Waals surface area contributed by atoms with E-state index >= 15 is 0 Å². The summed E-state index contributed by atoms with van der Waals surface area (Å²) >= 11 is 0. The van der Waals surface area contributed by atoms with Crippen LogP contribution in [0.5, 0.6) is 0 Å². The maximum absolute atomic E-state index is 9.45. The van der Waals surface area contributed by atoms with E-state index in [1.807, 2.05) is 6.92 Å². The van der Waals surface area contributed by atoms with Gasteiger partial charge in [-0.25, -0.2) is 0 Å². The molecule has 0 bridgehead atoms. The van der Waals surface area contributed by atoms with E-state index in [9.17, 15) is 5.11 Å². The van der Waals surface area contributed by atoms with Crippen molar-refractivity contribution in [2.75, 3.05) is 32.7 Å². The number of β-amino-alcohol motifs (C(OH)–C–C–N with tert-alkyl or cyclic N) is 1. The third-order valence-electron chi connectivity index (χ3n) is 3.94. The Bertz CT molecular complexity index is 358. The summed E-state index contributed by atoms with van der Waals surface area (Å²) < 4.78 is 0. The second-order valence-corrected chi connectivity index (χ2v) is 5.52. The molecule has 1 saturated heterocycles. The topological polar surface area (TPSA) is 26.7 Å². The number of rotatable bonds is 5. The third-order valence-corrected chi connectivity index (χ3v) is 3.94. The van der Waals surface area contributed by atoms with Crippen LogP contribution in [0.4, 0.5) is 0 Å². The molecule has 0 saturated carbocycles. The van der Waals surface area contributed by atoms with E-state index in [0.29, 0.717) is 6.04 Å². The van der Waals surface area contributed by atoms with Gasteiger partial charge < -0.3 is 5.11 Å². The molecule has 1 aliphatic heterocycles. The van der Waals surface area contributed by atoms with Crippen LogP contribution in [0.15, 0.2) is 30.3 Å². The van der Waals surface area contributed by atoms with Gasteiger partial charge in [0.1, 0.15) is 0 Å².